The summed E-state index contributed by atoms with van der Waals surface area (Å²) in [5.41, 5.74) is 5.37. The number of hydrogen-bond acceptors (Lipinski definition) is 5. The van der Waals surface area contributed by atoms with Gasteiger partial charge in [0.1, 0.15) is 0 Å². The molecule has 0 aliphatic rings. The number of aromatic amines is 1. The molecule has 1 aromatic heterocycles. The minimum absolute atomic E-state index is 0.333. The molecule has 1 rings (SSSR count). The predicted molar refractivity (Wildman–Crippen MR) is 52.4 cm³/mol. The van der Waals surface area contributed by atoms with Crippen LogP contribution in [0, 0.1) is 0 Å². The van der Waals surface area contributed by atoms with E-state index in [0.717, 1.165) is 6.54 Å². The van der Waals surface area contributed by atoms with Gasteiger partial charge in [-0.25, -0.2) is 5.10 Å². The average Bonchev–Trinajstić information content (AvgIpc) is 2.47. The van der Waals surface area contributed by atoms with Crippen molar-refractivity contribution >= 4 is 11.9 Å². The number of nitrogens with two attached hydrogens (primary N) is 1. The molecular formula is C7H16N6. The van der Waals surface area contributed by atoms with Crippen LogP contribution in [0.2, 0.25) is 0 Å². The molecule has 6 nitrogen and oxygen atoms in total. The second kappa shape index (κ2) is 4.08. The Morgan fingerprint density at radius 2 is 2.31 bits per heavy atom. The quantitative estimate of drug-likeness (QED) is 0.601. The van der Waals surface area contributed by atoms with Crippen LogP contribution in [0.1, 0.15) is 6.92 Å². The van der Waals surface area contributed by atoms with E-state index in [4.69, 9.17) is 5.73 Å². The summed E-state index contributed by atoms with van der Waals surface area (Å²) in [6, 6.07) is 0.430. The molecule has 1 heterocycles. The third-order valence-corrected chi connectivity index (χ3v) is 1.94. The van der Waals surface area contributed by atoms with Gasteiger partial charge < -0.3 is 16.0 Å². The third kappa shape index (κ3) is 2.90. The van der Waals surface area contributed by atoms with Crippen molar-refractivity contribution in [3.05, 3.63) is 0 Å². The van der Waals surface area contributed by atoms with E-state index >= 15 is 0 Å². The molecule has 1 aromatic rings. The fourth-order valence-electron chi connectivity index (χ4n) is 0.775. The summed E-state index contributed by atoms with van der Waals surface area (Å²) in [6.07, 6.45) is 0. The molecule has 0 saturated heterocycles. The Bertz CT molecular complexity index is 255. The zero-order valence-electron chi connectivity index (χ0n) is 8.20. The van der Waals surface area contributed by atoms with E-state index in [1.54, 1.807) is 0 Å². The van der Waals surface area contributed by atoms with Crippen molar-refractivity contribution in [2.45, 2.75) is 13.0 Å². The van der Waals surface area contributed by atoms with Crippen LogP contribution >= 0.6 is 0 Å². The van der Waals surface area contributed by atoms with Gasteiger partial charge in [-0.05, 0) is 21.0 Å². The van der Waals surface area contributed by atoms with Gasteiger partial charge in [0.25, 0.3) is 0 Å². The number of anilines is 2. The first kappa shape index (κ1) is 9.79. The lowest BCUT2D eigenvalue weighted by Crippen LogP contribution is -2.31. The summed E-state index contributed by atoms with van der Waals surface area (Å²) in [6.45, 7) is 2.91. The molecule has 0 spiro atoms. The standard InChI is InChI=1S/C7H16N6/c1-5(13(2)3)4-9-7-10-6(8)11-12-7/h5H,4H2,1-3H3,(H4,8,9,10,11,12). The van der Waals surface area contributed by atoms with E-state index in [2.05, 4.69) is 32.3 Å². The van der Waals surface area contributed by atoms with E-state index in [1.807, 2.05) is 14.1 Å². The van der Waals surface area contributed by atoms with Gasteiger partial charge in [0, 0.05) is 12.6 Å². The topological polar surface area (TPSA) is 82.9 Å². The Hall–Kier alpha value is -1.30. The van der Waals surface area contributed by atoms with E-state index in [9.17, 15) is 0 Å². The first-order valence-electron chi connectivity index (χ1n) is 4.17. The molecular weight excluding hydrogens is 168 g/mol. The van der Waals surface area contributed by atoms with Crippen LogP contribution in [-0.4, -0.2) is 46.8 Å². The molecule has 0 aromatic carbocycles. The zero-order valence-corrected chi connectivity index (χ0v) is 8.20. The van der Waals surface area contributed by atoms with Crippen LogP contribution in [-0.2, 0) is 0 Å². The summed E-state index contributed by atoms with van der Waals surface area (Å²) in [4.78, 5) is 6.04. The van der Waals surface area contributed by atoms with E-state index in [-0.39, 0.29) is 0 Å². The Balaban J connectivity index is 2.35. The monoisotopic (exact) mass is 184 g/mol. The number of rotatable bonds is 4. The number of likely N-dealkylation sites (N-methyl/N-ethyl adjacent to an activating group) is 1. The van der Waals surface area contributed by atoms with Crippen molar-refractivity contribution in [1.29, 1.82) is 0 Å². The molecule has 0 amide bonds. The molecule has 0 radical (unpaired) electrons. The van der Waals surface area contributed by atoms with Crippen molar-refractivity contribution in [2.75, 3.05) is 31.7 Å². The molecule has 1 unspecified atom stereocenters. The molecule has 0 saturated carbocycles. The van der Waals surface area contributed by atoms with Crippen LogP contribution in [0.15, 0.2) is 0 Å². The van der Waals surface area contributed by atoms with E-state index in [1.165, 1.54) is 0 Å². The van der Waals surface area contributed by atoms with Crippen LogP contribution in [0.25, 0.3) is 0 Å². The molecule has 4 N–H and O–H groups in total. The van der Waals surface area contributed by atoms with E-state index in [0.29, 0.717) is 17.9 Å². The second-order valence-corrected chi connectivity index (χ2v) is 3.24. The fraction of sp³-hybridized carbons (Fsp3) is 0.714. The smallest absolute Gasteiger partial charge is 0.243 e. The minimum atomic E-state index is 0.333. The summed E-state index contributed by atoms with van der Waals surface area (Å²) < 4.78 is 0. The van der Waals surface area contributed by atoms with Crippen LogP contribution < -0.4 is 11.1 Å². The fourth-order valence-corrected chi connectivity index (χ4v) is 0.775. The molecule has 13 heavy (non-hydrogen) atoms. The normalized spacial score (nSPS) is 13.2. The number of hydrogen-bond donors (Lipinski definition) is 3. The zero-order chi connectivity index (χ0) is 9.84. The molecule has 0 aliphatic heterocycles. The maximum absolute atomic E-state index is 5.37. The van der Waals surface area contributed by atoms with Crippen molar-refractivity contribution in [1.82, 2.24) is 20.1 Å². The highest BCUT2D eigenvalue weighted by atomic mass is 15.3. The number of nitrogens with zero attached hydrogens (tertiary/aromatic N) is 3. The summed E-state index contributed by atoms with van der Waals surface area (Å²) in [5, 5.41) is 9.49. The first-order chi connectivity index (χ1) is 6.09. The lowest BCUT2D eigenvalue weighted by atomic mass is 10.3. The number of nitrogen functional groups attached to an aromatic ring is 1. The minimum Gasteiger partial charge on any atom is -0.368 e. The predicted octanol–water partition coefficient (Wildman–Crippen LogP) is -0.251. The molecule has 6 heteroatoms. The number of aromatic nitrogens is 3. The van der Waals surface area contributed by atoms with Crippen molar-refractivity contribution in [3.63, 3.8) is 0 Å². The molecule has 0 fully saturated rings. The summed E-state index contributed by atoms with van der Waals surface area (Å²) in [7, 11) is 4.05. The van der Waals surface area contributed by atoms with Crippen LogP contribution in [0.5, 0.6) is 0 Å². The Labute approximate surface area is 77.5 Å². The molecule has 0 bridgehead atoms. The van der Waals surface area contributed by atoms with Gasteiger partial charge in [0.2, 0.25) is 11.9 Å². The molecule has 74 valence electrons. The first-order valence-corrected chi connectivity index (χ1v) is 4.17. The summed E-state index contributed by atoms with van der Waals surface area (Å²) >= 11 is 0. The van der Waals surface area contributed by atoms with Crippen molar-refractivity contribution < 1.29 is 0 Å². The van der Waals surface area contributed by atoms with Crippen molar-refractivity contribution in [3.8, 4) is 0 Å². The third-order valence-electron chi connectivity index (χ3n) is 1.94. The van der Waals surface area contributed by atoms with Gasteiger partial charge in [0.05, 0.1) is 0 Å². The highest BCUT2D eigenvalue weighted by Crippen LogP contribution is 1.99. The van der Waals surface area contributed by atoms with Gasteiger partial charge in [-0.1, -0.05) is 0 Å². The van der Waals surface area contributed by atoms with Crippen molar-refractivity contribution in [2.24, 2.45) is 0 Å². The maximum Gasteiger partial charge on any atom is 0.243 e. The molecule has 1 atom stereocenters. The maximum atomic E-state index is 5.37. The Kier molecular flexibility index (Phi) is 3.07. The highest BCUT2D eigenvalue weighted by molar-refractivity contribution is 5.29. The molecule has 0 aliphatic carbocycles. The van der Waals surface area contributed by atoms with Gasteiger partial charge in [-0.3, -0.25) is 0 Å². The summed E-state index contributed by atoms with van der Waals surface area (Å²) in [5.74, 6) is 0.881. The van der Waals surface area contributed by atoms with Gasteiger partial charge in [-0.15, -0.1) is 5.10 Å². The van der Waals surface area contributed by atoms with E-state index < -0.39 is 0 Å². The van der Waals surface area contributed by atoms with Crippen LogP contribution in [0.4, 0.5) is 11.9 Å². The van der Waals surface area contributed by atoms with Gasteiger partial charge in [-0.2, -0.15) is 4.98 Å². The largest absolute Gasteiger partial charge is 0.368 e. The van der Waals surface area contributed by atoms with Gasteiger partial charge >= 0.3 is 0 Å². The Morgan fingerprint density at radius 1 is 1.62 bits per heavy atom. The average molecular weight is 184 g/mol. The lowest BCUT2D eigenvalue weighted by Gasteiger charge is -2.19. The SMILES string of the molecule is CC(CNc1n[nH]c(N)n1)N(C)C. The Morgan fingerprint density at radius 3 is 2.77 bits per heavy atom. The van der Waals surface area contributed by atoms with Crippen LogP contribution in [0.3, 0.4) is 0 Å². The lowest BCUT2D eigenvalue weighted by molar-refractivity contribution is 0.326. The van der Waals surface area contributed by atoms with Gasteiger partial charge in [0.15, 0.2) is 0 Å². The number of nitrogens with one attached hydrogen (secondary N) is 2. The second-order valence-electron chi connectivity index (χ2n) is 3.24. The number of H-pyrrole nitrogens is 1. The highest BCUT2D eigenvalue weighted by Gasteiger charge is 2.05.